The normalized spacial score (nSPS) is 17.1. The number of nitrogens with zero attached hydrogens (tertiary/aromatic N) is 1. The number of amides is 2. The third-order valence-electron chi connectivity index (χ3n) is 11.1. The summed E-state index contributed by atoms with van der Waals surface area (Å²) in [5.41, 5.74) is 25.0. The summed E-state index contributed by atoms with van der Waals surface area (Å²) >= 11 is 0. The molecule has 0 saturated carbocycles. The molecular weight excluding hydrogens is 737 g/mol. The van der Waals surface area contributed by atoms with Gasteiger partial charge in [0.1, 0.15) is 28.9 Å². The first-order valence-electron chi connectivity index (χ1n) is 20.8. The summed E-state index contributed by atoms with van der Waals surface area (Å²) in [5.74, 6) is 0.674. The minimum absolute atomic E-state index is 0.0196. The summed E-state index contributed by atoms with van der Waals surface area (Å²) in [6.45, 7) is 1.23. The number of carbonyl (C=O) groups excluding carboxylic acids is 3. The van der Waals surface area contributed by atoms with E-state index in [0.29, 0.717) is 76.0 Å². The van der Waals surface area contributed by atoms with Gasteiger partial charge in [0.05, 0.1) is 45.1 Å². The molecule has 1 fully saturated rings. The summed E-state index contributed by atoms with van der Waals surface area (Å²) in [7, 11) is 3.23. The van der Waals surface area contributed by atoms with Crippen molar-refractivity contribution in [2.24, 2.45) is 22.9 Å². The van der Waals surface area contributed by atoms with Crippen molar-refractivity contribution in [1.82, 2.24) is 10.2 Å². The number of β-amino-alcohol motifs (C(OH)–C–C–N with tert-alkyl or cyclic N) is 1. The van der Waals surface area contributed by atoms with E-state index in [1.54, 1.807) is 19.1 Å². The number of aliphatic hydroxyl groups is 1. The largest absolute Gasteiger partial charge is 0.497 e. The highest BCUT2D eigenvalue weighted by Gasteiger charge is 2.43. The number of rotatable bonds is 26. The van der Waals surface area contributed by atoms with Crippen molar-refractivity contribution in [2.45, 2.75) is 113 Å². The van der Waals surface area contributed by atoms with Crippen molar-refractivity contribution in [1.29, 1.82) is 0 Å². The highest BCUT2D eigenvalue weighted by Crippen LogP contribution is 2.42. The molecule has 318 valence electrons. The predicted octanol–water partition coefficient (Wildman–Crippen LogP) is 3.89. The molecule has 2 amide bonds. The van der Waals surface area contributed by atoms with Crippen LogP contribution in [-0.2, 0) is 24.7 Å². The van der Waals surface area contributed by atoms with E-state index in [0.717, 1.165) is 36.0 Å². The van der Waals surface area contributed by atoms with Gasteiger partial charge in [-0.2, -0.15) is 0 Å². The zero-order valence-electron chi connectivity index (χ0n) is 34.4. The minimum Gasteiger partial charge on any atom is -0.497 e. The van der Waals surface area contributed by atoms with Gasteiger partial charge < -0.3 is 52.5 Å². The lowest BCUT2D eigenvalue weighted by Crippen LogP contribution is -2.54. The van der Waals surface area contributed by atoms with Crippen molar-refractivity contribution in [2.75, 3.05) is 40.5 Å². The van der Waals surface area contributed by atoms with Crippen LogP contribution in [0.5, 0.6) is 11.5 Å². The fraction of sp³-hybridized carbons (Fsp3) is 0.533. The number of likely N-dealkylation sites (tertiary alicyclic amines) is 1. The summed E-state index contributed by atoms with van der Waals surface area (Å²) in [4.78, 5) is 42.2. The number of nitrogens with one attached hydrogen (secondary N) is 1. The average molecular weight is 803 g/mol. The Hall–Kier alpha value is -4.37. The number of hydrogen-bond donors (Lipinski definition) is 6. The topological polar surface area (TPSA) is 218 Å². The number of ketones is 1. The summed E-state index contributed by atoms with van der Waals surface area (Å²) < 4.78 is 18.1. The Morgan fingerprint density at radius 1 is 0.741 bits per heavy atom. The minimum atomic E-state index is -1.13. The monoisotopic (exact) mass is 802 g/mol. The first-order valence-corrected chi connectivity index (χ1v) is 20.8. The third-order valence-corrected chi connectivity index (χ3v) is 11.1. The van der Waals surface area contributed by atoms with Crippen LogP contribution in [-0.4, -0.2) is 98.3 Å². The maximum absolute atomic E-state index is 14.6. The third kappa shape index (κ3) is 12.8. The first-order chi connectivity index (χ1) is 28.1. The molecule has 10 N–H and O–H groups in total. The maximum Gasteiger partial charge on any atom is 0.245 e. The van der Waals surface area contributed by atoms with Gasteiger partial charge in [-0.25, -0.2) is 0 Å². The van der Waals surface area contributed by atoms with Crippen LogP contribution < -0.4 is 37.7 Å². The number of hydrogen-bond acceptors (Lipinski definition) is 11. The second-order valence-electron chi connectivity index (χ2n) is 15.3. The van der Waals surface area contributed by atoms with E-state index in [1.807, 2.05) is 78.9 Å². The average Bonchev–Trinajstić information content (AvgIpc) is 3.63. The second kappa shape index (κ2) is 23.9. The van der Waals surface area contributed by atoms with E-state index < -0.39 is 41.8 Å². The molecule has 1 unspecified atom stereocenters. The molecule has 0 aromatic heterocycles. The molecular formula is C45H66N6O7. The maximum atomic E-state index is 14.6. The van der Waals surface area contributed by atoms with E-state index in [2.05, 4.69) is 5.32 Å². The Morgan fingerprint density at radius 2 is 1.28 bits per heavy atom. The fourth-order valence-electron chi connectivity index (χ4n) is 7.67. The number of nitrogens with two attached hydrogens (primary N) is 4. The molecule has 13 nitrogen and oxygen atoms in total. The molecule has 0 bridgehead atoms. The number of benzene rings is 3. The summed E-state index contributed by atoms with van der Waals surface area (Å²) in [6.07, 6.45) is 6.18. The Bertz CT molecular complexity index is 1630. The SMILES string of the molecule is COc1ccc(C(OC[C@@H]2C[C@@H](O)CN2C(=O)[C@H](CCCCCC(=O)[C@@H](N)CCCCN)NC(=O)C(N)CCCCN)(c2ccccc2)c2ccc(OC)cc2)cc1. The van der Waals surface area contributed by atoms with Gasteiger partial charge in [0.25, 0.3) is 0 Å². The molecule has 13 heteroatoms. The molecule has 3 aromatic rings. The van der Waals surface area contributed by atoms with Crippen molar-refractivity contribution in [3.8, 4) is 11.5 Å². The lowest BCUT2D eigenvalue weighted by atomic mass is 9.80. The van der Waals surface area contributed by atoms with Gasteiger partial charge in [0, 0.05) is 13.0 Å². The van der Waals surface area contributed by atoms with Gasteiger partial charge in [-0.05, 0) is 99.0 Å². The molecule has 0 aliphatic carbocycles. The van der Waals surface area contributed by atoms with Crippen molar-refractivity contribution < 1.29 is 33.7 Å². The van der Waals surface area contributed by atoms with Crippen molar-refractivity contribution >= 4 is 17.6 Å². The zero-order valence-corrected chi connectivity index (χ0v) is 34.4. The predicted molar refractivity (Wildman–Crippen MR) is 226 cm³/mol. The highest BCUT2D eigenvalue weighted by atomic mass is 16.5. The summed E-state index contributed by atoms with van der Waals surface area (Å²) in [6, 6.07) is 22.6. The molecule has 5 atom stereocenters. The molecule has 1 aliphatic rings. The molecule has 3 aromatic carbocycles. The van der Waals surface area contributed by atoms with Crippen LogP contribution in [0.4, 0.5) is 0 Å². The Kier molecular flexibility index (Phi) is 19.1. The number of carbonyl (C=O) groups is 3. The zero-order chi connectivity index (χ0) is 41.9. The van der Waals surface area contributed by atoms with Crippen LogP contribution in [0.2, 0.25) is 0 Å². The van der Waals surface area contributed by atoms with Gasteiger partial charge in [-0.1, -0.05) is 80.3 Å². The molecule has 58 heavy (non-hydrogen) atoms. The van der Waals surface area contributed by atoms with Crippen LogP contribution in [0, 0.1) is 0 Å². The Morgan fingerprint density at radius 3 is 1.83 bits per heavy atom. The number of aliphatic hydroxyl groups excluding tert-OH is 1. The highest BCUT2D eigenvalue weighted by molar-refractivity contribution is 5.90. The molecule has 0 radical (unpaired) electrons. The van der Waals surface area contributed by atoms with Crippen molar-refractivity contribution in [3.63, 3.8) is 0 Å². The Balaban J connectivity index is 1.58. The van der Waals surface area contributed by atoms with E-state index in [4.69, 9.17) is 37.1 Å². The van der Waals surface area contributed by atoms with Crippen LogP contribution in [0.25, 0.3) is 0 Å². The number of ether oxygens (including phenoxy) is 3. The van der Waals surface area contributed by atoms with Crippen molar-refractivity contribution in [3.05, 3.63) is 95.6 Å². The molecule has 4 rings (SSSR count). The lowest BCUT2D eigenvalue weighted by molar-refractivity contribution is -0.139. The van der Waals surface area contributed by atoms with Gasteiger partial charge >= 0.3 is 0 Å². The lowest BCUT2D eigenvalue weighted by Gasteiger charge is -2.38. The second-order valence-corrected chi connectivity index (χ2v) is 15.3. The van der Waals surface area contributed by atoms with Crippen LogP contribution in [0.1, 0.15) is 93.7 Å². The van der Waals surface area contributed by atoms with Crippen LogP contribution in [0.15, 0.2) is 78.9 Å². The quantitative estimate of drug-likeness (QED) is 0.0505. The molecule has 1 saturated heterocycles. The molecule has 1 aliphatic heterocycles. The first kappa shape index (κ1) is 46.3. The van der Waals surface area contributed by atoms with E-state index in [9.17, 15) is 19.5 Å². The fourth-order valence-corrected chi connectivity index (χ4v) is 7.67. The summed E-state index contributed by atoms with van der Waals surface area (Å²) in [5, 5.41) is 14.0. The molecule has 0 spiro atoms. The molecule has 1 heterocycles. The standard InChI is InChI=1S/C45H66N6O7/c1-56-37-23-19-33(20-24-37)45(32-13-5-3-6-14-32,34-21-25-38(57-2)26-22-34)58-31-35-29-36(52)30-51(35)44(55)41(50-43(54)40(49)16-10-12-28-47)17-7-4-8-18-42(53)39(48)15-9-11-27-46/h3,5-6,13-14,19-26,35-36,39-41,52H,4,7-12,15-18,27-31,46-49H2,1-2H3,(H,50,54)/t35-,36+,39-,40?,41-/m0/s1. The van der Waals surface area contributed by atoms with E-state index >= 15 is 0 Å². The Labute approximate surface area is 344 Å². The smallest absolute Gasteiger partial charge is 0.245 e. The van der Waals surface area contributed by atoms with Gasteiger partial charge in [0.2, 0.25) is 11.8 Å². The van der Waals surface area contributed by atoms with Crippen LogP contribution >= 0.6 is 0 Å². The van der Waals surface area contributed by atoms with Gasteiger partial charge in [-0.15, -0.1) is 0 Å². The number of methoxy groups -OCH3 is 2. The van der Waals surface area contributed by atoms with E-state index in [1.165, 1.54) is 0 Å². The van der Waals surface area contributed by atoms with E-state index in [-0.39, 0.29) is 31.3 Å². The van der Waals surface area contributed by atoms with Gasteiger partial charge in [-0.3, -0.25) is 14.4 Å². The number of Topliss-reactive ketones (excluding diaryl/α,β-unsaturated/α-hetero) is 1. The van der Waals surface area contributed by atoms with Crippen LogP contribution in [0.3, 0.4) is 0 Å². The number of unbranched alkanes of at least 4 members (excludes halogenated alkanes) is 4. The van der Waals surface area contributed by atoms with Gasteiger partial charge in [0.15, 0.2) is 0 Å².